The van der Waals surface area contributed by atoms with Gasteiger partial charge < -0.3 is 95.0 Å². The normalized spacial score (nSPS) is 13.1. The van der Waals surface area contributed by atoms with Crippen molar-refractivity contribution in [3.63, 3.8) is 0 Å². The molecular weight excluding hydrogens is 941 g/mol. The van der Waals surface area contributed by atoms with E-state index in [0.29, 0.717) is 29.5 Å². The van der Waals surface area contributed by atoms with Gasteiger partial charge in [0.05, 0.1) is 45.2 Å². The zero-order chi connectivity index (χ0) is 50.6. The van der Waals surface area contributed by atoms with Crippen LogP contribution in [0.2, 0.25) is 0 Å². The Labute approximate surface area is 392 Å². The summed E-state index contributed by atoms with van der Waals surface area (Å²) >= 11 is 1.61. The minimum atomic E-state index is -1.47. The number of quaternary nitrogens is 2. The molecule has 2 aromatic carbocycles. The van der Waals surface area contributed by atoms with Crippen LogP contribution in [-0.2, 0) is 51.2 Å². The lowest BCUT2D eigenvalue weighted by Crippen LogP contribution is -2.51. The molecular formula is C40H54N10O16S2+2. The Balaban J connectivity index is 1.83. The molecule has 4 rings (SSSR count). The number of carboxylic acid groups (broad SMARTS) is 4. The first kappa shape index (κ1) is 53.6. The molecule has 26 nitrogen and oxygen atoms in total. The number of aromatic nitrogens is 2. The van der Waals surface area contributed by atoms with Crippen LogP contribution < -0.4 is 44.2 Å². The van der Waals surface area contributed by atoms with Crippen LogP contribution in [0.15, 0.2) is 22.1 Å². The number of hydrogen-bond donors (Lipinski definition) is 18. The highest BCUT2D eigenvalue weighted by molar-refractivity contribution is 8.00. The fourth-order valence-electron chi connectivity index (χ4n) is 6.93. The number of carbonyl (C=O) groups is 8. The number of phenolic OH excluding ortho intramolecular Hbond substituents is 4. The highest BCUT2D eigenvalue weighted by atomic mass is 32.2. The third-order valence-corrected chi connectivity index (χ3v) is 12.6. The van der Waals surface area contributed by atoms with Crippen molar-refractivity contribution in [2.75, 3.05) is 37.7 Å². The number of nitrogens with two attached hydrogens (primary N) is 2. The topological polar surface area (TPSA) is 485 Å². The molecule has 4 aromatic rings. The second-order valence-electron chi connectivity index (χ2n) is 15.2. The SMILES string of the molecule is NC(CCC(=O)NC(CSc1c(O)c(O)cc2[nH]c(-c3c(O)c(O)c(SCC(NC(=O)CCC(N)C(=O)O)C(=O)NCC(=O)O)c4c(CC[NH3+])c[nH]c34)c(CC[NH3+])c12)C(=O)NCC(=O)O)C(=O)O. The van der Waals surface area contributed by atoms with E-state index >= 15 is 0 Å². The fraction of sp³-hybridized carbons (Fsp3) is 0.400. The Morgan fingerprint density at radius 1 is 0.676 bits per heavy atom. The maximum absolute atomic E-state index is 13.2. The minimum absolute atomic E-state index is 0.00308. The summed E-state index contributed by atoms with van der Waals surface area (Å²) in [7, 11) is 0. The van der Waals surface area contributed by atoms with Crippen molar-refractivity contribution in [3.05, 3.63) is 23.4 Å². The summed E-state index contributed by atoms with van der Waals surface area (Å²) in [5.74, 6) is -12.3. The molecule has 4 amide bonds. The van der Waals surface area contributed by atoms with Crippen molar-refractivity contribution in [1.29, 1.82) is 0 Å². The molecule has 4 atom stereocenters. The monoisotopic (exact) mass is 994 g/mol. The Morgan fingerprint density at radius 3 is 1.62 bits per heavy atom. The number of hydrogen-bond acceptors (Lipinski definition) is 16. The third-order valence-electron chi connectivity index (χ3n) is 10.3. The smallest absolute Gasteiger partial charge is 0.322 e. The molecule has 370 valence electrons. The molecule has 0 fully saturated rings. The molecule has 24 N–H and O–H groups in total. The van der Waals surface area contributed by atoms with Gasteiger partial charge >= 0.3 is 23.9 Å². The second-order valence-corrected chi connectivity index (χ2v) is 17.3. The van der Waals surface area contributed by atoms with Crippen LogP contribution in [0.1, 0.15) is 36.8 Å². The van der Waals surface area contributed by atoms with Gasteiger partial charge in [0.1, 0.15) is 37.3 Å². The van der Waals surface area contributed by atoms with Crippen LogP contribution in [0.25, 0.3) is 33.1 Å². The van der Waals surface area contributed by atoms with Crippen LogP contribution in [-0.4, -0.2) is 160 Å². The maximum atomic E-state index is 13.2. The number of carbonyl (C=O) groups excluding carboxylic acids is 4. The molecule has 4 unspecified atom stereocenters. The summed E-state index contributed by atoms with van der Waals surface area (Å²) in [6.07, 6.45) is 0.660. The van der Waals surface area contributed by atoms with Gasteiger partial charge in [0, 0.05) is 60.2 Å². The quantitative estimate of drug-likeness (QED) is 0.0205. The predicted molar refractivity (Wildman–Crippen MR) is 241 cm³/mol. The van der Waals surface area contributed by atoms with Crippen molar-refractivity contribution >= 4 is 92.8 Å². The molecule has 0 aliphatic rings. The molecule has 0 spiro atoms. The number of aromatic amines is 2. The largest absolute Gasteiger partial charge is 0.504 e. The number of amides is 4. The van der Waals surface area contributed by atoms with E-state index < -0.39 is 121 Å². The molecule has 0 saturated carbocycles. The first-order chi connectivity index (χ1) is 32.1. The zero-order valence-corrected chi connectivity index (χ0v) is 37.8. The van der Waals surface area contributed by atoms with Gasteiger partial charge in [-0.2, -0.15) is 0 Å². The van der Waals surface area contributed by atoms with Crippen LogP contribution in [0.4, 0.5) is 0 Å². The number of nitrogens with one attached hydrogen (secondary N) is 6. The van der Waals surface area contributed by atoms with Gasteiger partial charge in [0.25, 0.3) is 0 Å². The molecule has 2 heterocycles. The number of carboxylic acids is 4. The Hall–Kier alpha value is -6.98. The highest BCUT2D eigenvalue weighted by Gasteiger charge is 2.32. The first-order valence-electron chi connectivity index (χ1n) is 20.7. The van der Waals surface area contributed by atoms with Gasteiger partial charge in [-0.15, -0.1) is 23.5 Å². The van der Waals surface area contributed by atoms with Gasteiger partial charge in [0.2, 0.25) is 23.6 Å². The van der Waals surface area contributed by atoms with Crippen LogP contribution in [0.5, 0.6) is 23.0 Å². The molecule has 28 heteroatoms. The average molecular weight is 995 g/mol. The lowest BCUT2D eigenvalue weighted by molar-refractivity contribution is -0.367. The van der Waals surface area contributed by atoms with Gasteiger partial charge in [0.15, 0.2) is 23.0 Å². The standard InChI is InChI=1S/C40H52N10O16S2/c41-7-5-15-10-45-31-27(15)35(67-13-20(37(61)46-11-25(54)55)48-23(52)3-1-17(43)39(63)64)34(60)33(59)29(31)30-16(6-8-42)28-19(50-30)9-22(51)32(58)36(28)68-14-21(38(62)47-12-26(56)57)49-24(53)4-2-18(44)40(65)66/h9-10,17-18,20-21,45,50-51,58-60H,1-8,11-14,41-44H2,(H,46,61)(H,47,62)(H,48,52)(H,49,53)(H,54,55)(H,56,57)(H,63,64)(H,65,66)/p+2. The van der Waals surface area contributed by atoms with Gasteiger partial charge in [-0.1, -0.05) is 0 Å². The number of benzene rings is 2. The van der Waals surface area contributed by atoms with E-state index in [1.54, 1.807) is 6.20 Å². The lowest BCUT2D eigenvalue weighted by Gasteiger charge is -2.20. The number of H-pyrrole nitrogens is 2. The molecule has 0 aliphatic heterocycles. The van der Waals surface area contributed by atoms with Crippen LogP contribution in [0, 0.1) is 0 Å². The summed E-state index contributed by atoms with van der Waals surface area (Å²) in [6.45, 7) is -1.07. The summed E-state index contributed by atoms with van der Waals surface area (Å²) in [5, 5.41) is 92.5. The number of rotatable bonds is 27. The van der Waals surface area contributed by atoms with Crippen molar-refractivity contribution in [2.45, 2.75) is 72.5 Å². The van der Waals surface area contributed by atoms with Crippen molar-refractivity contribution in [2.24, 2.45) is 11.5 Å². The Morgan fingerprint density at radius 2 is 1.16 bits per heavy atom. The number of aromatic hydroxyl groups is 4. The molecule has 0 radical (unpaired) electrons. The highest BCUT2D eigenvalue weighted by Crippen LogP contribution is 2.53. The molecule has 0 bridgehead atoms. The van der Waals surface area contributed by atoms with Crippen molar-refractivity contribution < 1.29 is 90.7 Å². The van der Waals surface area contributed by atoms with Gasteiger partial charge in [-0.05, 0) is 24.0 Å². The fourth-order valence-corrected chi connectivity index (χ4v) is 9.29. The number of thioether (sulfide) groups is 2. The summed E-state index contributed by atoms with van der Waals surface area (Å²) in [5.41, 5.74) is 20.5. The van der Waals surface area contributed by atoms with Gasteiger partial charge in [-0.3, -0.25) is 38.4 Å². The van der Waals surface area contributed by atoms with E-state index in [-0.39, 0.29) is 74.8 Å². The third kappa shape index (κ3) is 13.3. The summed E-state index contributed by atoms with van der Waals surface area (Å²) in [6, 6.07) is -4.49. The average Bonchev–Trinajstić information content (AvgIpc) is 3.85. The van der Waals surface area contributed by atoms with E-state index in [2.05, 4.69) is 42.7 Å². The van der Waals surface area contributed by atoms with E-state index in [1.165, 1.54) is 6.07 Å². The van der Waals surface area contributed by atoms with E-state index in [4.69, 9.17) is 31.9 Å². The van der Waals surface area contributed by atoms with Crippen molar-refractivity contribution in [3.8, 4) is 34.3 Å². The summed E-state index contributed by atoms with van der Waals surface area (Å²) < 4.78 is 0. The van der Waals surface area contributed by atoms with Crippen molar-refractivity contribution in [1.82, 2.24) is 31.2 Å². The van der Waals surface area contributed by atoms with Gasteiger partial charge in [-0.25, -0.2) is 0 Å². The van der Waals surface area contributed by atoms with E-state index in [1.807, 2.05) is 0 Å². The molecule has 0 aliphatic carbocycles. The number of aliphatic carboxylic acids is 4. The second kappa shape index (κ2) is 24.2. The first-order valence-corrected chi connectivity index (χ1v) is 22.6. The number of fused-ring (bicyclic) bond motifs is 2. The molecule has 2 aromatic heterocycles. The Kier molecular flexibility index (Phi) is 19.1. The zero-order valence-electron chi connectivity index (χ0n) is 36.2. The molecule has 68 heavy (non-hydrogen) atoms. The summed E-state index contributed by atoms with van der Waals surface area (Å²) in [4.78, 5) is 103. The predicted octanol–water partition coefficient (Wildman–Crippen LogP) is -3.35. The lowest BCUT2D eigenvalue weighted by atomic mass is 9.98. The van der Waals surface area contributed by atoms with E-state index in [0.717, 1.165) is 23.5 Å². The Bertz CT molecular complexity index is 2580. The molecule has 0 saturated heterocycles. The maximum Gasteiger partial charge on any atom is 0.322 e. The van der Waals surface area contributed by atoms with Crippen LogP contribution >= 0.6 is 23.5 Å². The minimum Gasteiger partial charge on any atom is -0.504 e. The van der Waals surface area contributed by atoms with E-state index in [9.17, 15) is 58.8 Å². The van der Waals surface area contributed by atoms with Crippen LogP contribution in [0.3, 0.4) is 0 Å². The number of phenols is 4.